The summed E-state index contributed by atoms with van der Waals surface area (Å²) in [6.07, 6.45) is -6.23. The van der Waals surface area contributed by atoms with Crippen LogP contribution in [0, 0.1) is 5.92 Å². The van der Waals surface area contributed by atoms with E-state index in [2.05, 4.69) is 15.2 Å². The molecule has 0 bridgehead atoms. The van der Waals surface area contributed by atoms with E-state index in [4.69, 9.17) is 0 Å². The second-order valence-corrected chi connectivity index (χ2v) is 9.70. The molecule has 13 heteroatoms. The summed E-state index contributed by atoms with van der Waals surface area (Å²) < 4.78 is 107. The van der Waals surface area contributed by atoms with Gasteiger partial charge in [0.25, 0.3) is 10.0 Å². The van der Waals surface area contributed by atoms with Crippen LogP contribution in [0.25, 0.3) is 11.3 Å². The van der Waals surface area contributed by atoms with Gasteiger partial charge >= 0.3 is 12.4 Å². The van der Waals surface area contributed by atoms with Crippen LogP contribution in [0.5, 0.6) is 0 Å². The minimum atomic E-state index is -4.77. The molecule has 3 heterocycles. The summed E-state index contributed by atoms with van der Waals surface area (Å²) >= 11 is 0. The van der Waals surface area contributed by atoms with Crippen molar-refractivity contribution < 1.29 is 34.8 Å². The standard InChI is InChI=1S/C20H14F6N4O2S/c21-19(22,23)11-3-5-13-15(7-11)30(18(10-1-2-10)14-9-28-29-17(13)14)33(31,32)12-4-6-16(27-8-12)20(24,25)26/h3-10,18H,1-2H2,(H,28,29)/t18-/m1/s1. The van der Waals surface area contributed by atoms with E-state index >= 15 is 0 Å². The first-order valence-electron chi connectivity index (χ1n) is 9.71. The molecule has 2 aliphatic rings. The van der Waals surface area contributed by atoms with Gasteiger partial charge < -0.3 is 0 Å². The molecule has 2 aromatic heterocycles. The van der Waals surface area contributed by atoms with E-state index in [-0.39, 0.29) is 17.2 Å². The molecule has 33 heavy (non-hydrogen) atoms. The van der Waals surface area contributed by atoms with Crippen molar-refractivity contribution in [1.29, 1.82) is 0 Å². The van der Waals surface area contributed by atoms with Crippen LogP contribution in [0.3, 0.4) is 0 Å². The Hall–Kier alpha value is -3.09. The lowest BCUT2D eigenvalue weighted by Gasteiger charge is -2.38. The number of rotatable bonds is 3. The van der Waals surface area contributed by atoms with Crippen LogP contribution in [0.15, 0.2) is 47.6 Å². The monoisotopic (exact) mass is 488 g/mol. The van der Waals surface area contributed by atoms with Crippen LogP contribution in [0.4, 0.5) is 32.0 Å². The summed E-state index contributed by atoms with van der Waals surface area (Å²) in [5.74, 6) is -0.179. The van der Waals surface area contributed by atoms with Crippen LogP contribution >= 0.6 is 0 Å². The second-order valence-electron chi connectivity index (χ2n) is 7.89. The fraction of sp³-hybridized carbons (Fsp3) is 0.300. The number of pyridine rings is 1. The molecule has 1 atom stereocenters. The van der Waals surface area contributed by atoms with Gasteiger partial charge in [0, 0.05) is 17.3 Å². The predicted molar refractivity (Wildman–Crippen MR) is 103 cm³/mol. The number of aromatic amines is 1. The zero-order chi connectivity index (χ0) is 23.8. The zero-order valence-electron chi connectivity index (χ0n) is 16.4. The molecule has 1 aliphatic carbocycles. The third kappa shape index (κ3) is 3.54. The van der Waals surface area contributed by atoms with Crippen LogP contribution in [0.2, 0.25) is 0 Å². The van der Waals surface area contributed by atoms with E-state index in [0.717, 1.165) is 28.6 Å². The smallest absolute Gasteiger partial charge is 0.277 e. The van der Waals surface area contributed by atoms with Crippen molar-refractivity contribution in [2.45, 2.75) is 36.1 Å². The largest absolute Gasteiger partial charge is 0.433 e. The lowest BCUT2D eigenvalue weighted by Crippen LogP contribution is -2.39. The minimum absolute atomic E-state index is 0.179. The highest BCUT2D eigenvalue weighted by atomic mass is 32.2. The molecular weight excluding hydrogens is 474 g/mol. The molecule has 1 aliphatic heterocycles. The van der Waals surface area contributed by atoms with Crippen molar-refractivity contribution in [2.24, 2.45) is 5.92 Å². The number of sulfonamides is 1. The van der Waals surface area contributed by atoms with Crippen molar-refractivity contribution in [3.8, 4) is 11.3 Å². The Morgan fingerprint density at radius 1 is 0.970 bits per heavy atom. The molecule has 3 aromatic rings. The Morgan fingerprint density at radius 2 is 1.70 bits per heavy atom. The van der Waals surface area contributed by atoms with Crippen molar-refractivity contribution in [1.82, 2.24) is 15.2 Å². The quantitative estimate of drug-likeness (QED) is 0.516. The maximum atomic E-state index is 13.6. The number of nitrogens with one attached hydrogen (secondary N) is 1. The van der Waals surface area contributed by atoms with E-state index in [1.54, 1.807) is 0 Å². The minimum Gasteiger partial charge on any atom is -0.277 e. The number of nitrogens with zero attached hydrogens (tertiary/aromatic N) is 3. The molecule has 174 valence electrons. The van der Waals surface area contributed by atoms with Crippen LogP contribution in [-0.2, 0) is 22.4 Å². The van der Waals surface area contributed by atoms with Gasteiger partial charge in [-0.05, 0) is 43.0 Å². The van der Waals surface area contributed by atoms with Gasteiger partial charge in [-0.2, -0.15) is 31.4 Å². The molecule has 6 nitrogen and oxygen atoms in total. The van der Waals surface area contributed by atoms with Crippen LogP contribution < -0.4 is 4.31 Å². The first-order chi connectivity index (χ1) is 15.4. The molecule has 5 rings (SSSR count). The van der Waals surface area contributed by atoms with Gasteiger partial charge in [-0.15, -0.1) is 0 Å². The van der Waals surface area contributed by atoms with Gasteiger partial charge in [-0.25, -0.2) is 8.42 Å². The SMILES string of the molecule is O=S(=O)(c1ccc(C(F)(F)F)nc1)N1c2cc(C(F)(F)F)ccc2-c2[nH]ncc2[C@H]1C1CC1. The van der Waals surface area contributed by atoms with Crippen molar-refractivity contribution in [3.63, 3.8) is 0 Å². The molecule has 1 N–H and O–H groups in total. The number of hydrogen-bond acceptors (Lipinski definition) is 4. The summed E-state index contributed by atoms with van der Waals surface area (Å²) in [5.41, 5.74) is -1.46. The first-order valence-corrected chi connectivity index (χ1v) is 11.2. The highest BCUT2D eigenvalue weighted by Crippen LogP contribution is 2.55. The second kappa shape index (κ2) is 6.95. The normalized spacial score (nSPS) is 18.7. The van der Waals surface area contributed by atoms with Gasteiger partial charge in [0.15, 0.2) is 0 Å². The number of aromatic nitrogens is 3. The van der Waals surface area contributed by atoms with Crippen LogP contribution in [-0.4, -0.2) is 23.6 Å². The number of H-pyrrole nitrogens is 1. The topological polar surface area (TPSA) is 79.0 Å². The molecule has 0 amide bonds. The van der Waals surface area contributed by atoms with Gasteiger partial charge in [0.05, 0.1) is 29.2 Å². The summed E-state index contributed by atoms with van der Waals surface area (Å²) in [4.78, 5) is 2.66. The maximum Gasteiger partial charge on any atom is 0.433 e. The highest BCUT2D eigenvalue weighted by Gasteiger charge is 2.48. The lowest BCUT2D eigenvalue weighted by atomic mass is 9.92. The number of halogens is 6. The molecular formula is C20H14F6N4O2S. The summed E-state index contributed by atoms with van der Waals surface area (Å²) in [7, 11) is -4.58. The van der Waals surface area contributed by atoms with Gasteiger partial charge in [-0.1, -0.05) is 6.07 Å². The molecule has 0 unspecified atom stereocenters. The van der Waals surface area contributed by atoms with Crippen LogP contribution in [0.1, 0.15) is 35.7 Å². The molecule has 0 radical (unpaired) electrons. The maximum absolute atomic E-state index is 13.6. The van der Waals surface area contributed by atoms with E-state index in [9.17, 15) is 34.8 Å². The van der Waals surface area contributed by atoms with Gasteiger partial charge in [0.1, 0.15) is 10.6 Å². The molecule has 1 aromatic carbocycles. The van der Waals surface area contributed by atoms with Crippen molar-refractivity contribution in [3.05, 3.63) is 59.5 Å². The van der Waals surface area contributed by atoms with E-state index in [1.165, 1.54) is 6.20 Å². The Bertz CT molecular complexity index is 1330. The molecule has 1 fully saturated rings. The fourth-order valence-electron chi connectivity index (χ4n) is 4.06. The first kappa shape index (κ1) is 21.7. The summed E-state index contributed by atoms with van der Waals surface area (Å²) in [6, 6.07) is 3.16. The predicted octanol–water partition coefficient (Wildman–Crippen LogP) is 5.17. The molecule has 0 saturated heterocycles. The van der Waals surface area contributed by atoms with E-state index in [0.29, 0.717) is 36.4 Å². The summed E-state index contributed by atoms with van der Waals surface area (Å²) in [5, 5.41) is 6.69. The Balaban J connectivity index is 1.71. The van der Waals surface area contributed by atoms with Gasteiger partial charge in [-0.3, -0.25) is 14.4 Å². The van der Waals surface area contributed by atoms with E-state index < -0.39 is 44.6 Å². The Kier molecular flexibility index (Phi) is 4.58. The third-order valence-electron chi connectivity index (χ3n) is 5.72. The van der Waals surface area contributed by atoms with E-state index in [1.807, 2.05) is 0 Å². The van der Waals surface area contributed by atoms with Crippen molar-refractivity contribution in [2.75, 3.05) is 4.31 Å². The number of alkyl halides is 6. The Morgan fingerprint density at radius 3 is 2.27 bits per heavy atom. The average molecular weight is 488 g/mol. The fourth-order valence-corrected chi connectivity index (χ4v) is 5.71. The lowest BCUT2D eigenvalue weighted by molar-refractivity contribution is -0.141. The number of hydrogen-bond donors (Lipinski definition) is 1. The van der Waals surface area contributed by atoms with Crippen molar-refractivity contribution >= 4 is 15.7 Å². The summed E-state index contributed by atoms with van der Waals surface area (Å²) in [6.45, 7) is 0. The average Bonchev–Trinajstić information content (AvgIpc) is 3.46. The third-order valence-corrected chi connectivity index (χ3v) is 7.50. The Labute approximate surface area is 183 Å². The molecule has 1 saturated carbocycles. The molecule has 0 spiro atoms. The number of fused-ring (bicyclic) bond motifs is 3. The number of benzene rings is 1. The highest BCUT2D eigenvalue weighted by molar-refractivity contribution is 7.92. The zero-order valence-corrected chi connectivity index (χ0v) is 17.3. The van der Waals surface area contributed by atoms with Gasteiger partial charge in [0.2, 0.25) is 0 Å². The number of anilines is 1.